The molecule has 2 atom stereocenters. The van der Waals surface area contributed by atoms with E-state index in [1.54, 1.807) is 0 Å². The summed E-state index contributed by atoms with van der Waals surface area (Å²) in [7, 11) is 0. The molecule has 0 N–H and O–H groups in total. The minimum atomic E-state index is -0.307. The summed E-state index contributed by atoms with van der Waals surface area (Å²) in [5.41, 5.74) is 4.83. The predicted octanol–water partition coefficient (Wildman–Crippen LogP) is 6.40. The Morgan fingerprint density at radius 2 is 0.968 bits per heavy atom. The molecule has 0 aliphatic carbocycles. The average Bonchev–Trinajstić information content (AvgIpc) is 2.75. The molecule has 0 spiro atoms. The summed E-state index contributed by atoms with van der Waals surface area (Å²) in [6.45, 7) is 6.53. The summed E-state index contributed by atoms with van der Waals surface area (Å²) < 4.78 is 10.6. The van der Waals surface area contributed by atoms with Gasteiger partial charge in [-0.1, -0.05) is 42.5 Å². The van der Waals surface area contributed by atoms with Gasteiger partial charge >= 0.3 is 11.9 Å². The monoisotopic (exact) mass is 417 g/mol. The van der Waals surface area contributed by atoms with Gasteiger partial charge in [0.05, 0.1) is 0 Å². The molecule has 0 aliphatic heterocycles. The van der Waals surface area contributed by atoms with Crippen LogP contribution < -0.4 is 4.90 Å². The molecule has 0 bridgehead atoms. The Hall–Kier alpha value is -3.60. The fourth-order valence-electron chi connectivity index (χ4n) is 3.45. The van der Waals surface area contributed by atoms with E-state index in [9.17, 15) is 9.59 Å². The second-order valence-electron chi connectivity index (χ2n) is 7.36. The van der Waals surface area contributed by atoms with Crippen molar-refractivity contribution in [3.8, 4) is 0 Å². The molecule has 0 aromatic heterocycles. The van der Waals surface area contributed by atoms with Gasteiger partial charge in [-0.05, 0) is 61.4 Å². The second kappa shape index (κ2) is 9.94. The van der Waals surface area contributed by atoms with Gasteiger partial charge in [0, 0.05) is 30.9 Å². The summed E-state index contributed by atoms with van der Waals surface area (Å²) in [6.07, 6.45) is -0.613. The highest BCUT2D eigenvalue weighted by Gasteiger charge is 2.15. The van der Waals surface area contributed by atoms with Crippen molar-refractivity contribution in [3.63, 3.8) is 0 Å². The van der Waals surface area contributed by atoms with E-state index < -0.39 is 0 Å². The molecule has 3 rings (SSSR count). The van der Waals surface area contributed by atoms with Gasteiger partial charge in [-0.3, -0.25) is 9.59 Å². The third-order valence-corrected chi connectivity index (χ3v) is 4.94. The quantitative estimate of drug-likeness (QED) is 0.416. The van der Waals surface area contributed by atoms with E-state index in [1.165, 1.54) is 13.8 Å². The van der Waals surface area contributed by atoms with Gasteiger partial charge in [0.2, 0.25) is 0 Å². The van der Waals surface area contributed by atoms with Crippen LogP contribution in [0.15, 0.2) is 78.9 Å². The van der Waals surface area contributed by atoms with Gasteiger partial charge in [0.1, 0.15) is 12.2 Å². The zero-order valence-corrected chi connectivity index (χ0v) is 18.2. The topological polar surface area (TPSA) is 55.8 Å². The lowest BCUT2D eigenvalue weighted by Crippen LogP contribution is -2.11. The Balaban J connectivity index is 1.93. The van der Waals surface area contributed by atoms with Crippen LogP contribution in [0.1, 0.15) is 51.0 Å². The predicted molar refractivity (Wildman–Crippen MR) is 121 cm³/mol. The number of carbonyl (C=O) groups excluding carboxylic acids is 2. The number of ether oxygens (including phenoxy) is 2. The number of rotatable bonds is 7. The molecule has 31 heavy (non-hydrogen) atoms. The number of para-hydroxylation sites is 1. The van der Waals surface area contributed by atoms with E-state index in [-0.39, 0.29) is 24.1 Å². The van der Waals surface area contributed by atoms with Gasteiger partial charge in [0.15, 0.2) is 0 Å². The Labute approximate surface area is 183 Å². The molecule has 5 heteroatoms. The average molecular weight is 418 g/mol. The molecular weight excluding hydrogens is 390 g/mol. The van der Waals surface area contributed by atoms with E-state index in [2.05, 4.69) is 4.90 Å². The van der Waals surface area contributed by atoms with Crippen molar-refractivity contribution < 1.29 is 19.1 Å². The highest BCUT2D eigenvalue weighted by molar-refractivity contribution is 5.76. The van der Waals surface area contributed by atoms with Gasteiger partial charge in [-0.2, -0.15) is 0 Å². The fraction of sp³-hybridized carbons (Fsp3) is 0.231. The third kappa shape index (κ3) is 5.72. The van der Waals surface area contributed by atoms with E-state index in [0.29, 0.717) is 0 Å². The van der Waals surface area contributed by atoms with E-state index in [1.807, 2.05) is 92.7 Å². The van der Waals surface area contributed by atoms with Crippen molar-refractivity contribution in [2.75, 3.05) is 4.90 Å². The number of hydrogen-bond donors (Lipinski definition) is 0. The molecule has 3 aromatic rings. The molecular formula is C26H27NO4. The van der Waals surface area contributed by atoms with Crippen LogP contribution in [0.25, 0.3) is 0 Å². The minimum absolute atomic E-state index is 0.300. The lowest BCUT2D eigenvalue weighted by atomic mass is 10.1. The van der Waals surface area contributed by atoms with Crippen LogP contribution in [0.4, 0.5) is 17.1 Å². The third-order valence-electron chi connectivity index (χ3n) is 4.94. The van der Waals surface area contributed by atoms with Crippen LogP contribution in [-0.4, -0.2) is 11.9 Å². The maximum absolute atomic E-state index is 11.2. The van der Waals surface area contributed by atoms with Crippen LogP contribution in [0.5, 0.6) is 0 Å². The normalized spacial score (nSPS) is 12.5. The molecule has 0 amide bonds. The summed E-state index contributed by atoms with van der Waals surface area (Å²) >= 11 is 0. The van der Waals surface area contributed by atoms with Crippen molar-refractivity contribution in [3.05, 3.63) is 90.0 Å². The number of hydrogen-bond acceptors (Lipinski definition) is 5. The molecule has 5 nitrogen and oxygen atoms in total. The van der Waals surface area contributed by atoms with E-state index in [4.69, 9.17) is 9.47 Å². The highest BCUT2D eigenvalue weighted by Crippen LogP contribution is 2.35. The number of esters is 2. The van der Waals surface area contributed by atoms with Crippen LogP contribution in [0.2, 0.25) is 0 Å². The molecule has 160 valence electrons. The molecule has 0 fully saturated rings. The Bertz CT molecular complexity index is 948. The lowest BCUT2D eigenvalue weighted by Gasteiger charge is -2.26. The molecule has 0 saturated carbocycles. The summed E-state index contributed by atoms with van der Waals surface area (Å²) in [5.74, 6) is -0.601. The smallest absolute Gasteiger partial charge is 0.303 e. The van der Waals surface area contributed by atoms with Crippen molar-refractivity contribution in [1.29, 1.82) is 0 Å². The molecule has 0 aliphatic rings. The van der Waals surface area contributed by atoms with Gasteiger partial charge in [-0.15, -0.1) is 0 Å². The summed E-state index contributed by atoms with van der Waals surface area (Å²) in [5, 5.41) is 0. The first kappa shape index (κ1) is 22.1. The van der Waals surface area contributed by atoms with Crippen molar-refractivity contribution in [1.82, 2.24) is 0 Å². The van der Waals surface area contributed by atoms with Crippen LogP contribution in [0.3, 0.4) is 0 Å². The number of benzene rings is 3. The maximum atomic E-state index is 11.2. The lowest BCUT2D eigenvalue weighted by molar-refractivity contribution is -0.146. The highest BCUT2D eigenvalue weighted by atomic mass is 16.5. The Kier molecular flexibility index (Phi) is 7.08. The van der Waals surface area contributed by atoms with Gasteiger partial charge < -0.3 is 14.4 Å². The van der Waals surface area contributed by atoms with Gasteiger partial charge in [-0.25, -0.2) is 0 Å². The first-order valence-corrected chi connectivity index (χ1v) is 10.2. The summed E-state index contributed by atoms with van der Waals surface area (Å²) in [4.78, 5) is 24.6. The maximum Gasteiger partial charge on any atom is 0.303 e. The largest absolute Gasteiger partial charge is 0.458 e. The Morgan fingerprint density at radius 1 is 0.613 bits per heavy atom. The SMILES string of the molecule is CC(=O)OC(C)c1ccc(N(c2ccccc2)c2ccc(C(C)OC(C)=O)cc2)cc1. The van der Waals surface area contributed by atoms with Crippen molar-refractivity contribution >= 4 is 29.0 Å². The van der Waals surface area contributed by atoms with Crippen molar-refractivity contribution in [2.24, 2.45) is 0 Å². The minimum Gasteiger partial charge on any atom is -0.458 e. The number of carbonyl (C=O) groups is 2. The molecule has 0 saturated heterocycles. The number of anilines is 3. The molecule has 0 heterocycles. The second-order valence-corrected chi connectivity index (χ2v) is 7.36. The van der Waals surface area contributed by atoms with Gasteiger partial charge in [0.25, 0.3) is 0 Å². The first-order valence-electron chi connectivity index (χ1n) is 10.2. The molecule has 0 radical (unpaired) electrons. The summed E-state index contributed by atoms with van der Waals surface area (Å²) in [6, 6.07) is 26.0. The number of nitrogens with zero attached hydrogens (tertiary/aromatic N) is 1. The first-order chi connectivity index (χ1) is 14.8. The van der Waals surface area contributed by atoms with Crippen LogP contribution in [-0.2, 0) is 19.1 Å². The zero-order valence-electron chi connectivity index (χ0n) is 18.2. The van der Waals surface area contributed by atoms with Crippen LogP contribution >= 0.6 is 0 Å². The Morgan fingerprint density at radius 3 is 1.32 bits per heavy atom. The zero-order chi connectivity index (χ0) is 22.4. The van der Waals surface area contributed by atoms with E-state index in [0.717, 1.165) is 28.2 Å². The van der Waals surface area contributed by atoms with Crippen molar-refractivity contribution in [2.45, 2.75) is 39.9 Å². The van der Waals surface area contributed by atoms with Crippen LogP contribution in [0, 0.1) is 0 Å². The van der Waals surface area contributed by atoms with E-state index >= 15 is 0 Å². The molecule has 2 unspecified atom stereocenters. The molecule has 3 aromatic carbocycles. The fourth-order valence-corrected chi connectivity index (χ4v) is 3.45. The standard InChI is InChI=1S/C26H27NO4/c1-18(30-20(3)28)22-10-14-25(15-11-22)27(24-8-6-5-7-9-24)26-16-12-23(13-17-26)19(2)31-21(4)29/h5-19H,1-4H3.